The molecule has 1 aromatic heterocycles. The molecule has 0 spiro atoms. The molecule has 0 saturated heterocycles. The standard InChI is InChI=1S/C8H9ClN2O2.ClH/c1-11(2)8(13)5-3-4-6(12)7(9)10-5;/h3-4,12H,1-2H3;1H. The number of aromatic hydroxyl groups is 1. The highest BCUT2D eigenvalue weighted by Crippen LogP contribution is 2.20. The SMILES string of the molecule is CN(C)C(=O)c1ccc(O)c(Cl)n1.Cl. The fourth-order valence-corrected chi connectivity index (χ4v) is 0.929. The Balaban J connectivity index is 0.00000169. The highest BCUT2D eigenvalue weighted by molar-refractivity contribution is 6.30. The minimum absolute atomic E-state index is 0. The third-order valence-corrected chi connectivity index (χ3v) is 1.73. The molecule has 0 aromatic carbocycles. The summed E-state index contributed by atoms with van der Waals surface area (Å²) in [7, 11) is 3.23. The van der Waals surface area contributed by atoms with Crippen molar-refractivity contribution in [3.05, 3.63) is 23.0 Å². The van der Waals surface area contributed by atoms with Gasteiger partial charge < -0.3 is 10.0 Å². The van der Waals surface area contributed by atoms with Crippen molar-refractivity contribution < 1.29 is 9.90 Å². The second kappa shape index (κ2) is 5.02. The molecule has 0 bridgehead atoms. The Morgan fingerprint density at radius 2 is 2.07 bits per heavy atom. The van der Waals surface area contributed by atoms with Gasteiger partial charge in [0.2, 0.25) is 0 Å². The lowest BCUT2D eigenvalue weighted by atomic mass is 10.3. The Labute approximate surface area is 92.9 Å². The predicted octanol–water partition coefficient (Wildman–Crippen LogP) is 1.56. The van der Waals surface area contributed by atoms with Crippen molar-refractivity contribution in [3.63, 3.8) is 0 Å². The lowest BCUT2D eigenvalue weighted by Crippen LogP contribution is -2.22. The van der Waals surface area contributed by atoms with Gasteiger partial charge in [-0.2, -0.15) is 0 Å². The van der Waals surface area contributed by atoms with Crippen molar-refractivity contribution in [1.82, 2.24) is 9.88 Å². The van der Waals surface area contributed by atoms with Crippen LogP contribution >= 0.6 is 24.0 Å². The third kappa shape index (κ3) is 2.75. The van der Waals surface area contributed by atoms with E-state index in [1.807, 2.05) is 0 Å². The molecule has 1 rings (SSSR count). The molecular weight excluding hydrogens is 227 g/mol. The van der Waals surface area contributed by atoms with E-state index < -0.39 is 0 Å². The first-order valence-corrected chi connectivity index (χ1v) is 3.97. The lowest BCUT2D eigenvalue weighted by Gasteiger charge is -2.09. The molecule has 0 aliphatic carbocycles. The summed E-state index contributed by atoms with van der Waals surface area (Å²) in [5.41, 5.74) is 0.216. The molecule has 1 heterocycles. The summed E-state index contributed by atoms with van der Waals surface area (Å²) in [6, 6.07) is 2.76. The minimum atomic E-state index is -0.248. The van der Waals surface area contributed by atoms with Crippen LogP contribution in [0.2, 0.25) is 5.15 Å². The number of carbonyl (C=O) groups excluding carboxylic acids is 1. The van der Waals surface area contributed by atoms with E-state index in [-0.39, 0.29) is 34.9 Å². The Morgan fingerprint density at radius 1 is 1.50 bits per heavy atom. The first-order valence-electron chi connectivity index (χ1n) is 3.59. The number of hydrogen-bond acceptors (Lipinski definition) is 3. The highest BCUT2D eigenvalue weighted by atomic mass is 35.5. The Morgan fingerprint density at radius 3 is 2.50 bits per heavy atom. The van der Waals surface area contributed by atoms with E-state index in [2.05, 4.69) is 4.98 Å². The second-order valence-electron chi connectivity index (χ2n) is 2.71. The summed E-state index contributed by atoms with van der Waals surface area (Å²) >= 11 is 5.53. The van der Waals surface area contributed by atoms with Crippen molar-refractivity contribution in [2.75, 3.05) is 14.1 Å². The Kier molecular flexibility index (Phi) is 4.67. The van der Waals surface area contributed by atoms with Gasteiger partial charge in [-0.05, 0) is 12.1 Å². The number of halogens is 2. The summed E-state index contributed by atoms with van der Waals surface area (Å²) in [6.45, 7) is 0. The molecule has 78 valence electrons. The normalized spacial score (nSPS) is 9.07. The molecule has 1 amide bonds. The Bertz CT molecular complexity index is 342. The van der Waals surface area contributed by atoms with Crippen LogP contribution < -0.4 is 0 Å². The topological polar surface area (TPSA) is 53.4 Å². The van der Waals surface area contributed by atoms with Gasteiger partial charge in [-0.15, -0.1) is 12.4 Å². The van der Waals surface area contributed by atoms with Crippen LogP contribution in [0.4, 0.5) is 0 Å². The van der Waals surface area contributed by atoms with Crippen LogP contribution in [0.1, 0.15) is 10.5 Å². The van der Waals surface area contributed by atoms with E-state index in [0.29, 0.717) is 0 Å². The zero-order valence-corrected chi connectivity index (χ0v) is 9.26. The van der Waals surface area contributed by atoms with Crippen molar-refractivity contribution in [2.45, 2.75) is 0 Å². The number of pyridine rings is 1. The molecule has 0 unspecified atom stereocenters. The molecule has 0 saturated carbocycles. The van der Waals surface area contributed by atoms with Crippen LogP contribution in [0.25, 0.3) is 0 Å². The van der Waals surface area contributed by atoms with Gasteiger partial charge in [-0.3, -0.25) is 4.79 Å². The minimum Gasteiger partial charge on any atom is -0.505 e. The molecule has 0 radical (unpaired) electrons. The first-order chi connectivity index (χ1) is 6.02. The molecule has 1 aromatic rings. The highest BCUT2D eigenvalue weighted by Gasteiger charge is 2.11. The average molecular weight is 237 g/mol. The van der Waals surface area contributed by atoms with E-state index in [1.165, 1.54) is 17.0 Å². The van der Waals surface area contributed by atoms with Gasteiger partial charge in [0.15, 0.2) is 10.9 Å². The first kappa shape index (κ1) is 13.0. The second-order valence-corrected chi connectivity index (χ2v) is 3.06. The lowest BCUT2D eigenvalue weighted by molar-refractivity contribution is 0.0822. The van der Waals surface area contributed by atoms with Crippen molar-refractivity contribution in [2.24, 2.45) is 0 Å². The maximum atomic E-state index is 11.3. The summed E-state index contributed by atoms with van der Waals surface area (Å²) in [6.07, 6.45) is 0. The van der Waals surface area contributed by atoms with Gasteiger partial charge in [0.25, 0.3) is 5.91 Å². The van der Waals surface area contributed by atoms with E-state index in [0.717, 1.165) is 0 Å². The van der Waals surface area contributed by atoms with Gasteiger partial charge >= 0.3 is 0 Å². The summed E-state index contributed by atoms with van der Waals surface area (Å²) < 4.78 is 0. The van der Waals surface area contributed by atoms with Crippen LogP contribution in [-0.2, 0) is 0 Å². The average Bonchev–Trinajstić information content (AvgIpc) is 2.08. The van der Waals surface area contributed by atoms with Gasteiger partial charge in [-0.25, -0.2) is 4.98 Å². The third-order valence-electron chi connectivity index (χ3n) is 1.45. The number of aromatic nitrogens is 1. The van der Waals surface area contributed by atoms with Crippen LogP contribution in [-0.4, -0.2) is 35.0 Å². The number of rotatable bonds is 1. The zero-order valence-electron chi connectivity index (χ0n) is 7.69. The molecular formula is C8H10Cl2N2O2. The predicted molar refractivity (Wildman–Crippen MR) is 56.2 cm³/mol. The van der Waals surface area contributed by atoms with E-state index >= 15 is 0 Å². The fourth-order valence-electron chi connectivity index (χ4n) is 0.775. The van der Waals surface area contributed by atoms with Gasteiger partial charge in [-0.1, -0.05) is 11.6 Å². The zero-order chi connectivity index (χ0) is 10.0. The number of carbonyl (C=O) groups is 1. The largest absolute Gasteiger partial charge is 0.505 e. The van der Waals surface area contributed by atoms with Crippen molar-refractivity contribution in [3.8, 4) is 5.75 Å². The molecule has 0 aliphatic heterocycles. The smallest absolute Gasteiger partial charge is 0.271 e. The molecule has 4 nitrogen and oxygen atoms in total. The van der Waals surface area contributed by atoms with Crippen molar-refractivity contribution in [1.29, 1.82) is 0 Å². The quantitative estimate of drug-likeness (QED) is 0.754. The van der Waals surface area contributed by atoms with E-state index in [9.17, 15) is 4.79 Å². The number of amides is 1. The van der Waals surface area contributed by atoms with Crippen LogP contribution in [0.15, 0.2) is 12.1 Å². The number of hydrogen-bond donors (Lipinski definition) is 1. The fraction of sp³-hybridized carbons (Fsp3) is 0.250. The van der Waals surface area contributed by atoms with Crippen molar-refractivity contribution >= 4 is 29.9 Å². The maximum absolute atomic E-state index is 11.3. The molecule has 0 atom stereocenters. The van der Waals surface area contributed by atoms with Gasteiger partial charge in [0.05, 0.1) is 0 Å². The summed E-state index contributed by atoms with van der Waals surface area (Å²) in [4.78, 5) is 16.4. The summed E-state index contributed by atoms with van der Waals surface area (Å²) in [5, 5.41) is 8.98. The monoisotopic (exact) mass is 236 g/mol. The van der Waals surface area contributed by atoms with Crippen LogP contribution in [0, 0.1) is 0 Å². The molecule has 6 heteroatoms. The Hall–Kier alpha value is -1.000. The van der Waals surface area contributed by atoms with Gasteiger partial charge in [0, 0.05) is 14.1 Å². The van der Waals surface area contributed by atoms with Crippen LogP contribution in [0.5, 0.6) is 5.75 Å². The molecule has 0 fully saturated rings. The molecule has 14 heavy (non-hydrogen) atoms. The van der Waals surface area contributed by atoms with Gasteiger partial charge in [0.1, 0.15) is 5.69 Å². The van der Waals surface area contributed by atoms with E-state index in [4.69, 9.17) is 16.7 Å². The maximum Gasteiger partial charge on any atom is 0.271 e. The van der Waals surface area contributed by atoms with Crippen LogP contribution in [0.3, 0.4) is 0 Å². The number of nitrogens with zero attached hydrogens (tertiary/aromatic N) is 2. The van der Waals surface area contributed by atoms with E-state index in [1.54, 1.807) is 14.1 Å². The molecule has 0 aliphatic rings. The molecule has 1 N–H and O–H groups in total. The summed E-state index contributed by atoms with van der Waals surface area (Å²) in [5.74, 6) is -0.376.